The summed E-state index contributed by atoms with van der Waals surface area (Å²) in [7, 11) is 0. The molecule has 0 bridgehead atoms. The molecule has 2 N–H and O–H groups in total. The Balaban J connectivity index is 1.81. The third-order valence-corrected chi connectivity index (χ3v) is 4.66. The number of aromatic amines is 1. The first-order valence-corrected chi connectivity index (χ1v) is 9.95. The highest BCUT2D eigenvalue weighted by Gasteiger charge is 2.20. The third kappa shape index (κ3) is 6.05. The standard InChI is InChI=1S/C23H23F2N3O3/c1-2-3-12-31-14-20-26-13-19(22(29)27-20)23(30)28-21(15-4-8-17(24)9-5-15)16-6-10-18(25)11-7-16/h4-11,13,21H,2-3,12,14H2,1H3,(H,28,30)(H,26,27,29). The predicted octanol–water partition coefficient (Wildman–Crippen LogP) is 3.88. The molecule has 0 aliphatic carbocycles. The van der Waals surface area contributed by atoms with Crippen LogP contribution in [-0.2, 0) is 11.3 Å². The number of nitrogens with one attached hydrogen (secondary N) is 2. The lowest BCUT2D eigenvalue weighted by Crippen LogP contribution is -2.34. The van der Waals surface area contributed by atoms with E-state index in [0.29, 0.717) is 23.6 Å². The highest BCUT2D eigenvalue weighted by Crippen LogP contribution is 2.23. The number of hydrogen-bond donors (Lipinski definition) is 2. The second-order valence-electron chi connectivity index (χ2n) is 6.99. The Bertz CT molecular complexity index is 1020. The molecule has 1 amide bonds. The second kappa shape index (κ2) is 10.6. The van der Waals surface area contributed by atoms with Crippen molar-refractivity contribution in [2.75, 3.05) is 6.61 Å². The molecule has 1 heterocycles. The van der Waals surface area contributed by atoms with Gasteiger partial charge in [-0.1, -0.05) is 37.6 Å². The van der Waals surface area contributed by atoms with Gasteiger partial charge in [-0.25, -0.2) is 13.8 Å². The van der Waals surface area contributed by atoms with E-state index in [2.05, 4.69) is 15.3 Å². The number of nitrogens with zero attached hydrogens (tertiary/aromatic N) is 1. The topological polar surface area (TPSA) is 84.1 Å². The maximum absolute atomic E-state index is 13.4. The molecule has 0 fully saturated rings. The fraction of sp³-hybridized carbons (Fsp3) is 0.261. The van der Waals surface area contributed by atoms with Gasteiger partial charge < -0.3 is 15.0 Å². The van der Waals surface area contributed by atoms with Crippen molar-refractivity contribution in [2.24, 2.45) is 0 Å². The molecule has 3 aromatic rings. The summed E-state index contributed by atoms with van der Waals surface area (Å²) < 4.78 is 32.1. The number of amides is 1. The number of halogens is 2. The molecule has 3 rings (SSSR count). The average Bonchev–Trinajstić information content (AvgIpc) is 2.76. The van der Waals surface area contributed by atoms with Crippen molar-refractivity contribution in [3.8, 4) is 0 Å². The van der Waals surface area contributed by atoms with Crippen LogP contribution in [-0.4, -0.2) is 22.5 Å². The summed E-state index contributed by atoms with van der Waals surface area (Å²) in [6.45, 7) is 2.74. The first-order chi connectivity index (χ1) is 15.0. The molecule has 0 unspecified atom stereocenters. The molecule has 0 saturated carbocycles. The van der Waals surface area contributed by atoms with Crippen LogP contribution in [0.5, 0.6) is 0 Å². The van der Waals surface area contributed by atoms with Gasteiger partial charge in [-0.05, 0) is 41.8 Å². The van der Waals surface area contributed by atoms with E-state index >= 15 is 0 Å². The van der Waals surface area contributed by atoms with Gasteiger partial charge in [-0.15, -0.1) is 0 Å². The molecular formula is C23H23F2N3O3. The van der Waals surface area contributed by atoms with E-state index in [1.165, 1.54) is 54.7 Å². The van der Waals surface area contributed by atoms with Gasteiger partial charge in [0.15, 0.2) is 0 Å². The third-order valence-electron chi connectivity index (χ3n) is 4.66. The summed E-state index contributed by atoms with van der Waals surface area (Å²) in [6, 6.07) is 10.4. The summed E-state index contributed by atoms with van der Waals surface area (Å²) >= 11 is 0. The smallest absolute Gasteiger partial charge is 0.263 e. The van der Waals surface area contributed by atoms with E-state index in [1.54, 1.807) is 0 Å². The van der Waals surface area contributed by atoms with Crippen LogP contribution in [0.15, 0.2) is 59.5 Å². The number of ether oxygens (including phenoxy) is 1. The Morgan fingerprint density at radius 1 is 1.06 bits per heavy atom. The van der Waals surface area contributed by atoms with Gasteiger partial charge in [0.25, 0.3) is 11.5 Å². The highest BCUT2D eigenvalue weighted by atomic mass is 19.1. The first-order valence-electron chi connectivity index (χ1n) is 9.95. The molecule has 0 saturated heterocycles. The largest absolute Gasteiger partial charge is 0.374 e. The van der Waals surface area contributed by atoms with E-state index in [4.69, 9.17) is 4.74 Å². The van der Waals surface area contributed by atoms with Crippen molar-refractivity contribution >= 4 is 5.91 Å². The van der Waals surface area contributed by atoms with Gasteiger partial charge in [0, 0.05) is 12.8 Å². The fourth-order valence-electron chi connectivity index (χ4n) is 2.96. The lowest BCUT2D eigenvalue weighted by atomic mass is 9.98. The van der Waals surface area contributed by atoms with Crippen LogP contribution in [0, 0.1) is 11.6 Å². The van der Waals surface area contributed by atoms with Crippen LogP contribution >= 0.6 is 0 Å². The molecular weight excluding hydrogens is 404 g/mol. The van der Waals surface area contributed by atoms with E-state index in [9.17, 15) is 18.4 Å². The van der Waals surface area contributed by atoms with Crippen LogP contribution < -0.4 is 10.9 Å². The van der Waals surface area contributed by atoms with Gasteiger partial charge in [-0.2, -0.15) is 0 Å². The maximum Gasteiger partial charge on any atom is 0.263 e. The predicted molar refractivity (Wildman–Crippen MR) is 112 cm³/mol. The second-order valence-corrected chi connectivity index (χ2v) is 6.99. The number of carbonyl (C=O) groups excluding carboxylic acids is 1. The minimum absolute atomic E-state index is 0.144. The van der Waals surface area contributed by atoms with E-state index in [0.717, 1.165) is 12.8 Å². The fourth-order valence-corrected chi connectivity index (χ4v) is 2.96. The SMILES string of the molecule is CCCCOCc1ncc(C(=O)NC(c2ccc(F)cc2)c2ccc(F)cc2)c(=O)[nH]1. The van der Waals surface area contributed by atoms with Crippen molar-refractivity contribution in [1.29, 1.82) is 0 Å². The van der Waals surface area contributed by atoms with Gasteiger partial charge >= 0.3 is 0 Å². The minimum atomic E-state index is -0.717. The van der Waals surface area contributed by atoms with E-state index in [1.807, 2.05) is 6.92 Å². The van der Waals surface area contributed by atoms with Crippen molar-refractivity contribution in [2.45, 2.75) is 32.4 Å². The minimum Gasteiger partial charge on any atom is -0.374 e. The highest BCUT2D eigenvalue weighted by molar-refractivity contribution is 5.94. The normalized spacial score (nSPS) is 11.0. The van der Waals surface area contributed by atoms with Gasteiger partial charge in [0.1, 0.15) is 29.6 Å². The number of rotatable bonds is 9. The van der Waals surface area contributed by atoms with Gasteiger partial charge in [-0.3, -0.25) is 9.59 Å². The van der Waals surface area contributed by atoms with Crippen LogP contribution in [0.4, 0.5) is 8.78 Å². The van der Waals surface area contributed by atoms with Crippen molar-refractivity contribution in [3.63, 3.8) is 0 Å². The molecule has 162 valence electrons. The number of hydrogen-bond acceptors (Lipinski definition) is 4. The number of H-pyrrole nitrogens is 1. The Hall–Kier alpha value is -3.39. The molecule has 2 aromatic carbocycles. The molecule has 1 aromatic heterocycles. The molecule has 0 atom stereocenters. The van der Waals surface area contributed by atoms with Crippen LogP contribution in [0.1, 0.15) is 53.1 Å². The number of benzene rings is 2. The quantitative estimate of drug-likeness (QED) is 0.508. The Kier molecular flexibility index (Phi) is 7.61. The summed E-state index contributed by atoms with van der Waals surface area (Å²) in [5.74, 6) is -1.19. The van der Waals surface area contributed by atoms with E-state index in [-0.39, 0.29) is 12.2 Å². The van der Waals surface area contributed by atoms with E-state index < -0.39 is 29.1 Å². The summed E-state index contributed by atoms with van der Waals surface area (Å²) in [4.78, 5) is 31.9. The zero-order valence-electron chi connectivity index (χ0n) is 17.0. The number of carbonyl (C=O) groups is 1. The number of aromatic nitrogens is 2. The zero-order valence-corrected chi connectivity index (χ0v) is 17.0. The summed E-state index contributed by atoms with van der Waals surface area (Å²) in [5.41, 5.74) is 0.378. The molecule has 0 spiro atoms. The average molecular weight is 427 g/mol. The van der Waals surface area contributed by atoms with Crippen LogP contribution in [0.3, 0.4) is 0 Å². The Morgan fingerprint density at radius 2 is 1.65 bits per heavy atom. The molecule has 0 aliphatic heterocycles. The van der Waals surface area contributed by atoms with Crippen LogP contribution in [0.25, 0.3) is 0 Å². The Labute approximate surface area is 178 Å². The van der Waals surface area contributed by atoms with Gasteiger partial charge in [0.2, 0.25) is 0 Å². The maximum atomic E-state index is 13.4. The van der Waals surface area contributed by atoms with Crippen LogP contribution in [0.2, 0.25) is 0 Å². The lowest BCUT2D eigenvalue weighted by Gasteiger charge is -2.20. The lowest BCUT2D eigenvalue weighted by molar-refractivity contribution is 0.0939. The molecule has 8 heteroatoms. The molecule has 31 heavy (non-hydrogen) atoms. The summed E-state index contributed by atoms with van der Waals surface area (Å²) in [6.07, 6.45) is 3.09. The van der Waals surface area contributed by atoms with Crippen molar-refractivity contribution in [1.82, 2.24) is 15.3 Å². The summed E-state index contributed by atoms with van der Waals surface area (Å²) in [5, 5.41) is 2.75. The molecule has 0 radical (unpaired) electrons. The monoisotopic (exact) mass is 427 g/mol. The number of unbranched alkanes of at least 4 members (excludes halogenated alkanes) is 1. The van der Waals surface area contributed by atoms with Crippen molar-refractivity contribution in [3.05, 3.63) is 99.2 Å². The molecule has 6 nitrogen and oxygen atoms in total. The Morgan fingerprint density at radius 3 is 2.16 bits per heavy atom. The first kappa shape index (κ1) is 22.3. The molecule has 0 aliphatic rings. The zero-order chi connectivity index (χ0) is 22.2. The van der Waals surface area contributed by atoms with Crippen molar-refractivity contribution < 1.29 is 18.3 Å². The van der Waals surface area contributed by atoms with Gasteiger partial charge in [0.05, 0.1) is 6.04 Å².